The number of hydrogen-bond donors (Lipinski definition) is 1. The van der Waals surface area contributed by atoms with Crippen LogP contribution in [-0.4, -0.2) is 63.6 Å². The lowest BCUT2D eigenvalue weighted by Crippen LogP contribution is -2.48. The molecule has 8 heteroatoms. The fraction of sp³-hybridized carbons (Fsp3) is 0.500. The van der Waals surface area contributed by atoms with Crippen LogP contribution in [0.1, 0.15) is 44.1 Å². The van der Waals surface area contributed by atoms with Crippen molar-refractivity contribution in [2.45, 2.75) is 50.3 Å². The summed E-state index contributed by atoms with van der Waals surface area (Å²) in [5.74, 6) is 2.08. The van der Waals surface area contributed by atoms with Crippen LogP contribution in [0.25, 0.3) is 0 Å². The standard InChI is InChI=1S/C26H34N4OS3/c27-26(23-9-2-3-10-24(23)32)28-21-7-5-6-20(18-21)19-29-13-15-30(16-14-29)25(31)11-4-1-8-22-12-17-33-34-22/h2-3,5-7,9,18,22H,1,4,8,10-17,19H2,(H2,27,28). The quantitative estimate of drug-likeness (QED) is 0.159. The fourth-order valence-corrected chi connectivity index (χ4v) is 7.78. The van der Waals surface area contributed by atoms with Gasteiger partial charge in [0.2, 0.25) is 5.91 Å². The summed E-state index contributed by atoms with van der Waals surface area (Å²) in [6.45, 7) is 4.30. The second-order valence-electron chi connectivity index (χ2n) is 9.03. The molecule has 1 aromatic carbocycles. The highest BCUT2D eigenvalue weighted by Gasteiger charge is 2.21. The predicted octanol–water partition coefficient (Wildman–Crippen LogP) is 5.29. The molecule has 3 aliphatic rings. The summed E-state index contributed by atoms with van der Waals surface area (Å²) < 4.78 is 0. The Morgan fingerprint density at radius 3 is 2.82 bits per heavy atom. The molecule has 2 saturated heterocycles. The Labute approximate surface area is 216 Å². The van der Waals surface area contributed by atoms with Crippen LogP contribution in [0.15, 0.2) is 53.1 Å². The third kappa shape index (κ3) is 7.44. The van der Waals surface area contributed by atoms with Gasteiger partial charge >= 0.3 is 0 Å². The monoisotopic (exact) mass is 514 g/mol. The molecule has 0 radical (unpaired) electrons. The van der Waals surface area contributed by atoms with Crippen LogP contribution in [0.3, 0.4) is 0 Å². The van der Waals surface area contributed by atoms with Crippen molar-refractivity contribution in [2.24, 2.45) is 10.7 Å². The second-order valence-corrected chi connectivity index (χ2v) is 12.3. The zero-order chi connectivity index (χ0) is 23.8. The van der Waals surface area contributed by atoms with Gasteiger partial charge in [0.1, 0.15) is 5.84 Å². The minimum Gasteiger partial charge on any atom is -0.383 e. The average molecular weight is 515 g/mol. The van der Waals surface area contributed by atoms with Gasteiger partial charge in [0.25, 0.3) is 0 Å². The van der Waals surface area contributed by atoms with E-state index in [4.69, 9.17) is 18.0 Å². The van der Waals surface area contributed by atoms with Gasteiger partial charge in [-0.1, -0.05) is 70.6 Å². The molecule has 1 aliphatic carbocycles. The number of nitrogens with two attached hydrogens (primary N) is 1. The van der Waals surface area contributed by atoms with Crippen LogP contribution in [0.2, 0.25) is 0 Å². The summed E-state index contributed by atoms with van der Waals surface area (Å²) in [5.41, 5.74) is 9.13. The fourth-order valence-electron chi connectivity index (χ4n) is 4.48. The molecule has 1 unspecified atom stereocenters. The summed E-state index contributed by atoms with van der Waals surface area (Å²) >= 11 is 5.42. The van der Waals surface area contributed by atoms with Crippen LogP contribution < -0.4 is 5.73 Å². The van der Waals surface area contributed by atoms with Gasteiger partial charge in [-0.25, -0.2) is 4.99 Å². The second kappa shape index (κ2) is 12.9. The van der Waals surface area contributed by atoms with E-state index in [-0.39, 0.29) is 0 Å². The Hall–Kier alpha value is -1.61. The first-order valence-corrected chi connectivity index (χ1v) is 15.0. The summed E-state index contributed by atoms with van der Waals surface area (Å²) in [7, 11) is 4.03. The number of amidine groups is 1. The van der Waals surface area contributed by atoms with E-state index in [0.29, 0.717) is 18.2 Å². The maximum atomic E-state index is 12.6. The van der Waals surface area contributed by atoms with Gasteiger partial charge in [-0.15, -0.1) is 0 Å². The highest BCUT2D eigenvalue weighted by atomic mass is 33.1. The molecule has 182 valence electrons. The van der Waals surface area contributed by atoms with Crippen molar-refractivity contribution in [1.82, 2.24) is 9.80 Å². The first kappa shape index (κ1) is 25.5. The Morgan fingerprint density at radius 2 is 2.06 bits per heavy atom. The van der Waals surface area contributed by atoms with Crippen molar-refractivity contribution < 1.29 is 4.79 Å². The number of allylic oxidation sites excluding steroid dienone is 3. The molecule has 1 amide bonds. The zero-order valence-electron chi connectivity index (χ0n) is 19.7. The van der Waals surface area contributed by atoms with Crippen molar-refractivity contribution in [2.75, 3.05) is 31.9 Å². The molecule has 0 bridgehead atoms. The van der Waals surface area contributed by atoms with E-state index >= 15 is 0 Å². The van der Waals surface area contributed by atoms with Crippen LogP contribution in [0, 0.1) is 0 Å². The highest BCUT2D eigenvalue weighted by Crippen LogP contribution is 2.39. The summed E-state index contributed by atoms with van der Waals surface area (Å²) in [5, 5.41) is 0.809. The van der Waals surface area contributed by atoms with Crippen molar-refractivity contribution in [1.29, 1.82) is 0 Å². The Balaban J connectivity index is 1.21. The SMILES string of the molecule is NC(=Nc1cccc(CN2CCN(C(=O)CCCCC3CCSS3)CC2)c1)C1=CC=CCC1=S. The van der Waals surface area contributed by atoms with E-state index in [2.05, 4.69) is 22.0 Å². The molecule has 2 heterocycles. The number of amides is 1. The number of aliphatic imine (C=N–C) groups is 1. The number of rotatable bonds is 9. The zero-order valence-corrected chi connectivity index (χ0v) is 22.1. The van der Waals surface area contributed by atoms with E-state index in [1.807, 2.05) is 56.8 Å². The van der Waals surface area contributed by atoms with Gasteiger partial charge < -0.3 is 10.6 Å². The van der Waals surface area contributed by atoms with Gasteiger partial charge in [-0.2, -0.15) is 0 Å². The maximum Gasteiger partial charge on any atom is 0.222 e. The third-order valence-electron chi connectivity index (χ3n) is 6.46. The third-order valence-corrected chi connectivity index (χ3v) is 9.86. The molecule has 2 aliphatic heterocycles. The number of carbonyl (C=O) groups is 1. The van der Waals surface area contributed by atoms with Gasteiger partial charge in [0, 0.05) is 67.0 Å². The van der Waals surface area contributed by atoms with Gasteiger partial charge in [-0.05, 0) is 37.0 Å². The number of nitrogens with zero attached hydrogens (tertiary/aromatic N) is 3. The van der Waals surface area contributed by atoms with Gasteiger partial charge in [0.15, 0.2) is 0 Å². The smallest absolute Gasteiger partial charge is 0.222 e. The largest absolute Gasteiger partial charge is 0.383 e. The van der Waals surface area contributed by atoms with Gasteiger partial charge in [-0.3, -0.25) is 9.69 Å². The van der Waals surface area contributed by atoms with E-state index in [1.165, 1.54) is 30.6 Å². The van der Waals surface area contributed by atoms with E-state index in [9.17, 15) is 4.79 Å². The minimum absolute atomic E-state index is 0.324. The minimum atomic E-state index is 0.324. The van der Waals surface area contributed by atoms with Crippen molar-refractivity contribution in [3.8, 4) is 0 Å². The topological polar surface area (TPSA) is 61.9 Å². The lowest BCUT2D eigenvalue weighted by atomic mass is 10.0. The predicted molar refractivity (Wildman–Crippen MR) is 151 cm³/mol. The van der Waals surface area contributed by atoms with E-state index in [0.717, 1.165) is 66.9 Å². The Bertz CT molecular complexity index is 961. The number of unbranched alkanes of at least 4 members (excludes halogenated alkanes) is 1. The van der Waals surface area contributed by atoms with Crippen LogP contribution in [0.4, 0.5) is 5.69 Å². The Morgan fingerprint density at radius 1 is 1.21 bits per heavy atom. The molecular weight excluding hydrogens is 481 g/mol. The lowest BCUT2D eigenvalue weighted by molar-refractivity contribution is -0.133. The normalized spacial score (nSPS) is 21.7. The number of thiocarbonyl (C=S) groups is 1. The molecule has 4 rings (SSSR count). The van der Waals surface area contributed by atoms with Crippen LogP contribution in [0.5, 0.6) is 0 Å². The molecular formula is C26H34N4OS3. The first-order chi connectivity index (χ1) is 16.6. The number of carbonyl (C=O) groups excluding carboxylic acids is 1. The van der Waals surface area contributed by atoms with Crippen molar-refractivity contribution >= 4 is 56.1 Å². The lowest BCUT2D eigenvalue weighted by Gasteiger charge is -2.35. The molecule has 2 fully saturated rings. The summed E-state index contributed by atoms with van der Waals surface area (Å²) in [6.07, 6.45) is 12.2. The van der Waals surface area contributed by atoms with Crippen molar-refractivity contribution in [3.63, 3.8) is 0 Å². The molecule has 1 aromatic rings. The summed E-state index contributed by atoms with van der Waals surface area (Å²) in [6, 6.07) is 8.21. The molecule has 0 spiro atoms. The van der Waals surface area contributed by atoms with Crippen molar-refractivity contribution in [3.05, 3.63) is 53.6 Å². The van der Waals surface area contributed by atoms with Crippen LogP contribution in [-0.2, 0) is 11.3 Å². The molecule has 5 nitrogen and oxygen atoms in total. The molecule has 0 aromatic heterocycles. The first-order valence-electron chi connectivity index (χ1n) is 12.2. The maximum absolute atomic E-state index is 12.6. The molecule has 34 heavy (non-hydrogen) atoms. The van der Waals surface area contributed by atoms with Crippen LogP contribution >= 0.6 is 33.8 Å². The number of piperazine rings is 1. The number of hydrogen-bond acceptors (Lipinski definition) is 6. The summed E-state index contributed by atoms with van der Waals surface area (Å²) in [4.78, 5) is 22.5. The Kier molecular flexibility index (Phi) is 9.67. The highest BCUT2D eigenvalue weighted by molar-refractivity contribution is 8.77. The average Bonchev–Trinajstić information content (AvgIpc) is 3.36. The molecule has 0 saturated carbocycles. The number of benzene rings is 1. The van der Waals surface area contributed by atoms with Gasteiger partial charge in [0.05, 0.1) is 5.69 Å². The molecule has 2 N–H and O–H groups in total. The molecule has 1 atom stereocenters. The van der Waals surface area contributed by atoms with E-state index < -0.39 is 0 Å². The van der Waals surface area contributed by atoms with E-state index in [1.54, 1.807) is 0 Å².